The highest BCUT2D eigenvalue weighted by Crippen LogP contribution is 2.36. The minimum atomic E-state index is 0.231. The molecule has 0 unspecified atom stereocenters. The molecule has 2 aromatic carbocycles. The molecule has 0 radical (unpaired) electrons. The Hall–Kier alpha value is -2.76. The fourth-order valence-electron chi connectivity index (χ4n) is 1.87. The topological polar surface area (TPSA) is 77.3 Å². The standard InChI is InChI=1S/C14H12N2O4/c1-19-13-7-9(3-5-11(13)15-17)10-4-6-12(16-18)14(8-10)20-2/h3-8H,1-2H3. The van der Waals surface area contributed by atoms with Gasteiger partial charge in [-0.2, -0.15) is 0 Å². The van der Waals surface area contributed by atoms with Gasteiger partial charge in [-0.05, 0) is 45.7 Å². The van der Waals surface area contributed by atoms with Crippen LogP contribution in [0.5, 0.6) is 11.5 Å². The summed E-state index contributed by atoms with van der Waals surface area (Å²) in [6, 6.07) is 10.0. The highest BCUT2D eigenvalue weighted by Gasteiger charge is 2.09. The Morgan fingerprint density at radius 2 is 1.15 bits per heavy atom. The molecule has 0 amide bonds. The van der Waals surface area contributed by atoms with E-state index in [1.54, 1.807) is 36.4 Å². The SMILES string of the molecule is COc1cc(-c2ccc(N=O)c(OC)c2)ccc1N=O. The van der Waals surface area contributed by atoms with E-state index in [-0.39, 0.29) is 11.4 Å². The van der Waals surface area contributed by atoms with E-state index < -0.39 is 0 Å². The normalized spacial score (nSPS) is 9.90. The van der Waals surface area contributed by atoms with Crippen molar-refractivity contribution >= 4 is 11.4 Å². The molecule has 0 saturated heterocycles. The van der Waals surface area contributed by atoms with Gasteiger partial charge < -0.3 is 9.47 Å². The van der Waals surface area contributed by atoms with Gasteiger partial charge in [0.2, 0.25) is 0 Å². The predicted molar refractivity (Wildman–Crippen MR) is 75.9 cm³/mol. The summed E-state index contributed by atoms with van der Waals surface area (Å²) < 4.78 is 10.2. The van der Waals surface area contributed by atoms with Crippen molar-refractivity contribution in [3.63, 3.8) is 0 Å². The van der Waals surface area contributed by atoms with Crippen LogP contribution in [0.15, 0.2) is 46.8 Å². The summed E-state index contributed by atoms with van der Waals surface area (Å²) in [5, 5.41) is 5.76. The molecule has 0 aliphatic rings. The number of nitrogens with zero attached hydrogens (tertiary/aromatic N) is 2. The lowest BCUT2D eigenvalue weighted by Gasteiger charge is -2.08. The fourth-order valence-corrected chi connectivity index (χ4v) is 1.87. The number of hydrogen-bond acceptors (Lipinski definition) is 6. The average molecular weight is 272 g/mol. The van der Waals surface area contributed by atoms with Gasteiger partial charge >= 0.3 is 0 Å². The smallest absolute Gasteiger partial charge is 0.149 e. The van der Waals surface area contributed by atoms with Crippen molar-refractivity contribution in [3.05, 3.63) is 46.2 Å². The van der Waals surface area contributed by atoms with Crippen molar-refractivity contribution < 1.29 is 9.47 Å². The van der Waals surface area contributed by atoms with Crippen LogP contribution in [0.1, 0.15) is 0 Å². The van der Waals surface area contributed by atoms with Crippen LogP contribution in [0, 0.1) is 9.81 Å². The van der Waals surface area contributed by atoms with Crippen LogP contribution < -0.4 is 9.47 Å². The lowest BCUT2D eigenvalue weighted by Crippen LogP contribution is -1.87. The number of rotatable bonds is 5. The number of benzene rings is 2. The molecule has 20 heavy (non-hydrogen) atoms. The van der Waals surface area contributed by atoms with Crippen molar-refractivity contribution in [2.45, 2.75) is 0 Å². The summed E-state index contributed by atoms with van der Waals surface area (Å²) in [7, 11) is 2.93. The van der Waals surface area contributed by atoms with E-state index in [2.05, 4.69) is 10.4 Å². The van der Waals surface area contributed by atoms with Gasteiger partial charge in [0.05, 0.1) is 14.2 Å². The summed E-state index contributed by atoms with van der Waals surface area (Å²) in [5.41, 5.74) is 2.08. The molecule has 0 aromatic heterocycles. The molecule has 6 heteroatoms. The molecule has 6 nitrogen and oxygen atoms in total. The van der Waals surface area contributed by atoms with E-state index in [4.69, 9.17) is 9.47 Å². The molecule has 0 aliphatic carbocycles. The maximum absolute atomic E-state index is 10.6. The summed E-state index contributed by atoms with van der Waals surface area (Å²) in [6.07, 6.45) is 0. The van der Waals surface area contributed by atoms with E-state index in [1.807, 2.05) is 0 Å². The molecule has 0 atom stereocenters. The average Bonchev–Trinajstić information content (AvgIpc) is 2.53. The van der Waals surface area contributed by atoms with Gasteiger partial charge in [0.1, 0.15) is 22.9 Å². The lowest BCUT2D eigenvalue weighted by molar-refractivity contribution is 0.415. The molecular weight excluding hydrogens is 260 g/mol. The van der Waals surface area contributed by atoms with Crippen LogP contribution in [0.3, 0.4) is 0 Å². The van der Waals surface area contributed by atoms with Crippen molar-refractivity contribution in [2.24, 2.45) is 10.4 Å². The molecule has 0 N–H and O–H groups in total. The maximum atomic E-state index is 10.6. The molecular formula is C14H12N2O4. The Kier molecular flexibility index (Phi) is 4.05. The van der Waals surface area contributed by atoms with E-state index in [0.717, 1.165) is 11.1 Å². The lowest BCUT2D eigenvalue weighted by atomic mass is 10.0. The van der Waals surface area contributed by atoms with Crippen LogP contribution in [0.2, 0.25) is 0 Å². The second kappa shape index (κ2) is 5.92. The first-order chi connectivity index (χ1) is 9.73. The van der Waals surface area contributed by atoms with E-state index in [1.165, 1.54) is 14.2 Å². The van der Waals surface area contributed by atoms with Gasteiger partial charge in [-0.3, -0.25) is 0 Å². The zero-order chi connectivity index (χ0) is 14.5. The molecule has 0 fully saturated rings. The van der Waals surface area contributed by atoms with E-state index in [0.29, 0.717) is 11.5 Å². The number of nitroso groups, excluding NO2 is 2. The van der Waals surface area contributed by atoms with Gasteiger partial charge in [-0.15, -0.1) is 9.81 Å². The molecule has 2 aromatic rings. The minimum absolute atomic E-state index is 0.231. The van der Waals surface area contributed by atoms with Crippen molar-refractivity contribution in [1.82, 2.24) is 0 Å². The molecule has 2 rings (SSSR count). The van der Waals surface area contributed by atoms with E-state index in [9.17, 15) is 9.81 Å². The molecule has 0 heterocycles. The Labute approximate surface area is 115 Å². The number of hydrogen-bond donors (Lipinski definition) is 0. The molecule has 0 saturated carbocycles. The predicted octanol–water partition coefficient (Wildman–Crippen LogP) is 4.17. The third-order valence-corrected chi connectivity index (χ3v) is 2.89. The van der Waals surface area contributed by atoms with Crippen molar-refractivity contribution in [2.75, 3.05) is 14.2 Å². The summed E-state index contributed by atoms with van der Waals surface area (Å²) >= 11 is 0. The third kappa shape index (κ3) is 2.49. The quantitative estimate of drug-likeness (QED) is 0.765. The number of ether oxygens (including phenoxy) is 2. The van der Waals surface area contributed by atoms with Gasteiger partial charge in [0.25, 0.3) is 0 Å². The summed E-state index contributed by atoms with van der Waals surface area (Å²) in [5.74, 6) is 0.767. The zero-order valence-corrected chi connectivity index (χ0v) is 11.0. The summed E-state index contributed by atoms with van der Waals surface area (Å²) in [4.78, 5) is 21.2. The van der Waals surface area contributed by atoms with Gasteiger partial charge in [-0.25, -0.2) is 0 Å². The monoisotopic (exact) mass is 272 g/mol. The largest absolute Gasteiger partial charge is 0.494 e. The second-order valence-corrected chi connectivity index (χ2v) is 3.96. The number of methoxy groups -OCH3 is 2. The van der Waals surface area contributed by atoms with Crippen LogP contribution >= 0.6 is 0 Å². The molecule has 0 spiro atoms. The minimum Gasteiger partial charge on any atom is -0.494 e. The Bertz CT molecular complexity index is 598. The first kappa shape index (κ1) is 13.7. The van der Waals surface area contributed by atoms with Crippen molar-refractivity contribution in [3.8, 4) is 22.6 Å². The molecule has 102 valence electrons. The van der Waals surface area contributed by atoms with Crippen LogP contribution in [0.25, 0.3) is 11.1 Å². The Balaban J connectivity index is 2.51. The van der Waals surface area contributed by atoms with Gasteiger partial charge in [-0.1, -0.05) is 12.1 Å². The third-order valence-electron chi connectivity index (χ3n) is 2.89. The van der Waals surface area contributed by atoms with Crippen molar-refractivity contribution in [1.29, 1.82) is 0 Å². The van der Waals surface area contributed by atoms with Gasteiger partial charge in [0, 0.05) is 0 Å². The Morgan fingerprint density at radius 1 is 0.750 bits per heavy atom. The molecule has 0 bridgehead atoms. The molecule has 0 aliphatic heterocycles. The first-order valence-corrected chi connectivity index (χ1v) is 5.76. The highest BCUT2D eigenvalue weighted by atomic mass is 16.5. The Morgan fingerprint density at radius 3 is 1.45 bits per heavy atom. The van der Waals surface area contributed by atoms with Crippen LogP contribution in [-0.4, -0.2) is 14.2 Å². The second-order valence-electron chi connectivity index (χ2n) is 3.96. The fraction of sp³-hybridized carbons (Fsp3) is 0.143. The first-order valence-electron chi connectivity index (χ1n) is 5.76. The highest BCUT2D eigenvalue weighted by molar-refractivity contribution is 5.73. The summed E-state index contributed by atoms with van der Waals surface area (Å²) in [6.45, 7) is 0. The van der Waals surface area contributed by atoms with Gasteiger partial charge in [0.15, 0.2) is 0 Å². The zero-order valence-electron chi connectivity index (χ0n) is 11.0. The van der Waals surface area contributed by atoms with E-state index >= 15 is 0 Å². The maximum Gasteiger partial charge on any atom is 0.149 e. The van der Waals surface area contributed by atoms with Crippen LogP contribution in [-0.2, 0) is 0 Å². The van der Waals surface area contributed by atoms with Crippen LogP contribution in [0.4, 0.5) is 11.4 Å².